The average Bonchev–Trinajstić information content (AvgIpc) is 3.05. The van der Waals surface area contributed by atoms with Gasteiger partial charge in [-0.25, -0.2) is 0 Å². The molecule has 0 N–H and O–H groups in total. The standard InChI is InChI=1S/C22H27N3OS/c1-4-5-15-26-20-13-11-18(12-14-20)16-21-23-24-22(27-17(2)3)25(21)19-9-7-6-8-10-19/h6-14,17H,4-5,15-16H2,1-3H3. The second-order valence-corrected chi connectivity index (χ2v) is 8.30. The molecule has 0 bridgehead atoms. The largest absolute Gasteiger partial charge is 0.494 e. The van der Waals surface area contributed by atoms with Gasteiger partial charge < -0.3 is 4.74 Å². The molecule has 0 radical (unpaired) electrons. The van der Waals surface area contributed by atoms with Crippen molar-refractivity contribution in [1.82, 2.24) is 14.8 Å². The first-order valence-corrected chi connectivity index (χ1v) is 10.4. The van der Waals surface area contributed by atoms with Gasteiger partial charge in [0.1, 0.15) is 11.6 Å². The molecule has 27 heavy (non-hydrogen) atoms. The molecular weight excluding hydrogens is 354 g/mol. The van der Waals surface area contributed by atoms with Crippen LogP contribution in [0.5, 0.6) is 5.75 Å². The molecule has 0 aliphatic carbocycles. The molecule has 0 saturated heterocycles. The fraction of sp³-hybridized carbons (Fsp3) is 0.364. The minimum absolute atomic E-state index is 0.448. The van der Waals surface area contributed by atoms with Crippen molar-refractivity contribution in [2.75, 3.05) is 6.61 Å². The van der Waals surface area contributed by atoms with Crippen LogP contribution in [0.1, 0.15) is 45.0 Å². The van der Waals surface area contributed by atoms with Gasteiger partial charge in [-0.2, -0.15) is 0 Å². The highest BCUT2D eigenvalue weighted by molar-refractivity contribution is 7.99. The highest BCUT2D eigenvalue weighted by atomic mass is 32.2. The van der Waals surface area contributed by atoms with Gasteiger partial charge in [0.2, 0.25) is 0 Å². The molecule has 0 spiro atoms. The van der Waals surface area contributed by atoms with Crippen LogP contribution in [0.25, 0.3) is 5.69 Å². The molecule has 3 aromatic rings. The van der Waals surface area contributed by atoms with Gasteiger partial charge in [-0.05, 0) is 36.2 Å². The zero-order chi connectivity index (χ0) is 19.1. The number of aromatic nitrogens is 3. The summed E-state index contributed by atoms with van der Waals surface area (Å²) in [4.78, 5) is 0. The molecule has 4 nitrogen and oxygen atoms in total. The van der Waals surface area contributed by atoms with Crippen LogP contribution in [0.4, 0.5) is 0 Å². The lowest BCUT2D eigenvalue weighted by Crippen LogP contribution is -2.05. The molecule has 0 amide bonds. The maximum Gasteiger partial charge on any atom is 0.196 e. The van der Waals surface area contributed by atoms with E-state index < -0.39 is 0 Å². The quantitative estimate of drug-likeness (QED) is 0.360. The molecule has 142 valence electrons. The topological polar surface area (TPSA) is 39.9 Å². The first-order valence-electron chi connectivity index (χ1n) is 9.55. The third kappa shape index (κ3) is 5.36. The summed E-state index contributed by atoms with van der Waals surface area (Å²) in [6, 6.07) is 18.6. The van der Waals surface area contributed by atoms with E-state index in [1.54, 1.807) is 11.8 Å². The molecule has 2 aromatic carbocycles. The predicted molar refractivity (Wildman–Crippen MR) is 112 cm³/mol. The van der Waals surface area contributed by atoms with E-state index >= 15 is 0 Å². The fourth-order valence-corrected chi connectivity index (χ4v) is 3.58. The minimum Gasteiger partial charge on any atom is -0.494 e. The number of nitrogens with zero attached hydrogens (tertiary/aromatic N) is 3. The number of ether oxygens (including phenoxy) is 1. The Balaban J connectivity index is 1.81. The summed E-state index contributed by atoms with van der Waals surface area (Å²) in [7, 11) is 0. The number of unbranched alkanes of at least 4 members (excludes halogenated alkanes) is 1. The third-order valence-electron chi connectivity index (χ3n) is 4.11. The van der Waals surface area contributed by atoms with Crippen molar-refractivity contribution < 1.29 is 4.74 Å². The molecule has 0 atom stereocenters. The molecule has 0 aliphatic heterocycles. The summed E-state index contributed by atoms with van der Waals surface area (Å²) in [5.74, 6) is 1.87. The highest BCUT2D eigenvalue weighted by Gasteiger charge is 2.16. The van der Waals surface area contributed by atoms with E-state index in [4.69, 9.17) is 4.74 Å². The first-order chi connectivity index (χ1) is 13.2. The Bertz CT molecular complexity index is 829. The number of hydrogen-bond acceptors (Lipinski definition) is 4. The Hall–Kier alpha value is -2.27. The second kappa shape index (κ2) is 9.60. The molecule has 0 saturated carbocycles. The molecule has 5 heteroatoms. The van der Waals surface area contributed by atoms with E-state index in [0.29, 0.717) is 5.25 Å². The maximum atomic E-state index is 5.76. The van der Waals surface area contributed by atoms with Gasteiger partial charge in [0, 0.05) is 17.4 Å². The Morgan fingerprint density at radius 1 is 1.00 bits per heavy atom. The van der Waals surface area contributed by atoms with Gasteiger partial charge in [-0.3, -0.25) is 4.57 Å². The Morgan fingerprint density at radius 2 is 1.74 bits per heavy atom. The first kappa shape index (κ1) is 19.5. The number of hydrogen-bond donors (Lipinski definition) is 0. The van der Waals surface area contributed by atoms with Crippen LogP contribution >= 0.6 is 11.8 Å². The van der Waals surface area contributed by atoms with E-state index in [0.717, 1.165) is 48.3 Å². The van der Waals surface area contributed by atoms with Gasteiger partial charge in [0.25, 0.3) is 0 Å². The van der Waals surface area contributed by atoms with Crippen molar-refractivity contribution in [3.05, 3.63) is 66.0 Å². The van der Waals surface area contributed by atoms with Gasteiger partial charge in [0.05, 0.1) is 6.61 Å². The van der Waals surface area contributed by atoms with E-state index in [9.17, 15) is 0 Å². The summed E-state index contributed by atoms with van der Waals surface area (Å²) in [5.41, 5.74) is 2.30. The lowest BCUT2D eigenvalue weighted by molar-refractivity contribution is 0.309. The van der Waals surface area contributed by atoms with E-state index in [-0.39, 0.29) is 0 Å². The molecule has 0 unspecified atom stereocenters. The maximum absolute atomic E-state index is 5.76. The van der Waals surface area contributed by atoms with Crippen LogP contribution < -0.4 is 4.74 Å². The predicted octanol–water partition coefficient (Wildman–Crippen LogP) is 5.54. The Morgan fingerprint density at radius 3 is 2.41 bits per heavy atom. The number of benzene rings is 2. The zero-order valence-corrected chi connectivity index (χ0v) is 17.1. The van der Waals surface area contributed by atoms with Crippen LogP contribution in [0, 0.1) is 0 Å². The summed E-state index contributed by atoms with van der Waals surface area (Å²) in [6.45, 7) is 7.28. The third-order valence-corrected chi connectivity index (χ3v) is 5.05. The molecule has 1 heterocycles. The smallest absolute Gasteiger partial charge is 0.196 e. The summed E-state index contributed by atoms with van der Waals surface area (Å²) < 4.78 is 7.92. The monoisotopic (exact) mass is 381 g/mol. The van der Waals surface area contributed by atoms with Crippen molar-refractivity contribution in [2.45, 2.75) is 50.4 Å². The molecule has 1 aromatic heterocycles. The zero-order valence-electron chi connectivity index (χ0n) is 16.3. The van der Waals surface area contributed by atoms with Crippen LogP contribution in [0.3, 0.4) is 0 Å². The van der Waals surface area contributed by atoms with E-state index in [1.807, 2.05) is 30.3 Å². The number of rotatable bonds is 9. The number of thioether (sulfide) groups is 1. The molecule has 3 rings (SSSR count). The van der Waals surface area contributed by atoms with Crippen molar-refractivity contribution >= 4 is 11.8 Å². The summed E-state index contributed by atoms with van der Waals surface area (Å²) >= 11 is 1.73. The van der Waals surface area contributed by atoms with Gasteiger partial charge >= 0.3 is 0 Å². The summed E-state index contributed by atoms with van der Waals surface area (Å²) in [5, 5.41) is 10.3. The van der Waals surface area contributed by atoms with E-state index in [1.165, 1.54) is 5.56 Å². The van der Waals surface area contributed by atoms with Crippen LogP contribution in [0.2, 0.25) is 0 Å². The number of para-hydroxylation sites is 1. The normalized spacial score (nSPS) is 11.1. The van der Waals surface area contributed by atoms with Crippen LogP contribution in [-0.4, -0.2) is 26.6 Å². The second-order valence-electron chi connectivity index (χ2n) is 6.76. The van der Waals surface area contributed by atoms with Crippen molar-refractivity contribution in [2.24, 2.45) is 0 Å². The minimum atomic E-state index is 0.448. The van der Waals surface area contributed by atoms with E-state index in [2.05, 4.69) is 59.8 Å². The molecule has 0 aliphatic rings. The van der Waals surface area contributed by atoms with Crippen molar-refractivity contribution in [3.63, 3.8) is 0 Å². The SMILES string of the molecule is CCCCOc1ccc(Cc2nnc(SC(C)C)n2-c2ccccc2)cc1. The lowest BCUT2D eigenvalue weighted by Gasteiger charge is -2.11. The molecular formula is C22H27N3OS. The van der Waals surface area contributed by atoms with Gasteiger partial charge in [0.15, 0.2) is 5.16 Å². The van der Waals surface area contributed by atoms with Crippen LogP contribution in [0.15, 0.2) is 59.8 Å². The average molecular weight is 382 g/mol. The summed E-state index contributed by atoms with van der Waals surface area (Å²) in [6.07, 6.45) is 2.96. The molecule has 0 fully saturated rings. The lowest BCUT2D eigenvalue weighted by atomic mass is 10.1. The van der Waals surface area contributed by atoms with Gasteiger partial charge in [-0.1, -0.05) is 69.3 Å². The van der Waals surface area contributed by atoms with Crippen LogP contribution in [-0.2, 0) is 6.42 Å². The van der Waals surface area contributed by atoms with Crippen molar-refractivity contribution in [3.8, 4) is 11.4 Å². The Kier molecular flexibility index (Phi) is 6.93. The van der Waals surface area contributed by atoms with Gasteiger partial charge in [-0.15, -0.1) is 10.2 Å². The van der Waals surface area contributed by atoms with Crippen molar-refractivity contribution in [1.29, 1.82) is 0 Å². The fourth-order valence-electron chi connectivity index (χ4n) is 2.76. The Labute approximate surface area is 166 Å². The highest BCUT2D eigenvalue weighted by Crippen LogP contribution is 2.26.